The molecule has 0 saturated carbocycles. The maximum atomic E-state index is 13.7. The van der Waals surface area contributed by atoms with Gasteiger partial charge in [0.15, 0.2) is 0 Å². The van der Waals surface area contributed by atoms with Gasteiger partial charge < -0.3 is 20.2 Å². The lowest BCUT2D eigenvalue weighted by atomic mass is 9.71. The summed E-state index contributed by atoms with van der Waals surface area (Å²) in [5, 5.41) is 15.4. The highest BCUT2D eigenvalue weighted by atomic mass is 35.5. The predicted octanol–water partition coefficient (Wildman–Crippen LogP) is 6.45. The molecule has 48 heavy (non-hydrogen) atoms. The molecule has 3 aromatic carbocycles. The molecule has 0 spiro atoms. The fourth-order valence-electron chi connectivity index (χ4n) is 7.46. The standard InChI is InChI=1S/C40H45ClN4O3/c41-36-16-14-35(15-17-36)40(48)21-27-44(28-22-40)24-8-20-39(33-10-3-1-4-11-33,34-12-5-2-6-13-34)30-43-37(46)31-18-25-45(26-19-31)38(47)32-9-7-23-42-29-32/h1-7,9-17,23,29,31,48H,8,18-22,24-28,30H2,(H,43,46). The Hall–Kier alpha value is -4.04. The second-order valence-corrected chi connectivity index (χ2v) is 13.8. The topological polar surface area (TPSA) is 85.8 Å². The van der Waals surface area contributed by atoms with Crippen molar-refractivity contribution in [3.8, 4) is 0 Å². The van der Waals surface area contributed by atoms with Crippen LogP contribution in [0.3, 0.4) is 0 Å². The van der Waals surface area contributed by atoms with Crippen molar-refractivity contribution >= 4 is 23.4 Å². The first-order valence-corrected chi connectivity index (χ1v) is 17.5. The van der Waals surface area contributed by atoms with Crippen molar-refractivity contribution in [1.82, 2.24) is 20.1 Å². The van der Waals surface area contributed by atoms with Gasteiger partial charge in [-0.15, -0.1) is 0 Å². The Morgan fingerprint density at radius 2 is 1.48 bits per heavy atom. The number of piperidine rings is 2. The molecule has 2 saturated heterocycles. The lowest BCUT2D eigenvalue weighted by molar-refractivity contribution is -0.126. The van der Waals surface area contributed by atoms with Crippen LogP contribution in [-0.4, -0.2) is 71.0 Å². The van der Waals surface area contributed by atoms with Crippen molar-refractivity contribution in [2.45, 2.75) is 49.5 Å². The van der Waals surface area contributed by atoms with E-state index in [0.29, 0.717) is 55.9 Å². The van der Waals surface area contributed by atoms with E-state index < -0.39 is 11.0 Å². The van der Waals surface area contributed by atoms with Crippen LogP contribution in [0.15, 0.2) is 109 Å². The minimum Gasteiger partial charge on any atom is -0.385 e. The second-order valence-electron chi connectivity index (χ2n) is 13.3. The normalized spacial score (nSPS) is 17.2. The van der Waals surface area contributed by atoms with Gasteiger partial charge in [0.1, 0.15) is 0 Å². The van der Waals surface area contributed by atoms with E-state index in [1.165, 1.54) is 11.1 Å². The number of rotatable bonds is 11. The number of amides is 2. The number of carbonyl (C=O) groups excluding carboxylic acids is 2. The number of benzene rings is 3. The number of carbonyl (C=O) groups is 2. The highest BCUT2D eigenvalue weighted by Crippen LogP contribution is 2.38. The molecule has 0 bridgehead atoms. The average molecular weight is 665 g/mol. The summed E-state index contributed by atoms with van der Waals surface area (Å²) < 4.78 is 0. The lowest BCUT2D eigenvalue weighted by Gasteiger charge is -2.40. The quantitative estimate of drug-likeness (QED) is 0.192. The number of halogens is 1. The maximum absolute atomic E-state index is 13.7. The smallest absolute Gasteiger partial charge is 0.255 e. The number of aliphatic hydroxyl groups is 1. The van der Waals surface area contributed by atoms with E-state index in [4.69, 9.17) is 11.6 Å². The predicted molar refractivity (Wildman–Crippen MR) is 190 cm³/mol. The van der Waals surface area contributed by atoms with E-state index in [2.05, 4.69) is 63.7 Å². The van der Waals surface area contributed by atoms with Gasteiger partial charge >= 0.3 is 0 Å². The molecule has 2 aliphatic heterocycles. The molecular formula is C40H45ClN4O3. The zero-order valence-corrected chi connectivity index (χ0v) is 28.2. The van der Waals surface area contributed by atoms with E-state index in [9.17, 15) is 14.7 Å². The first-order chi connectivity index (χ1) is 23.4. The van der Waals surface area contributed by atoms with Gasteiger partial charge in [-0.05, 0) is 86.0 Å². The first kappa shape index (κ1) is 33.8. The summed E-state index contributed by atoms with van der Waals surface area (Å²) in [6, 6.07) is 32.2. The third-order valence-corrected chi connectivity index (χ3v) is 10.7. The summed E-state index contributed by atoms with van der Waals surface area (Å²) in [6.07, 6.45) is 7.69. The minimum atomic E-state index is -0.828. The van der Waals surface area contributed by atoms with Crippen molar-refractivity contribution in [2.24, 2.45) is 5.92 Å². The fraction of sp³-hybridized carbons (Fsp3) is 0.375. The van der Waals surface area contributed by atoms with Crippen LogP contribution in [0.4, 0.5) is 0 Å². The van der Waals surface area contributed by atoms with Crippen LogP contribution in [-0.2, 0) is 15.8 Å². The van der Waals surface area contributed by atoms with Crippen molar-refractivity contribution < 1.29 is 14.7 Å². The van der Waals surface area contributed by atoms with Crippen LogP contribution >= 0.6 is 11.6 Å². The number of nitrogens with zero attached hydrogens (tertiary/aromatic N) is 3. The number of hydrogen-bond donors (Lipinski definition) is 2. The first-order valence-electron chi connectivity index (χ1n) is 17.2. The Balaban J connectivity index is 1.11. The third-order valence-electron chi connectivity index (χ3n) is 10.4. The largest absolute Gasteiger partial charge is 0.385 e. The Labute approximate surface area is 289 Å². The number of nitrogens with one attached hydrogen (secondary N) is 1. The highest BCUT2D eigenvalue weighted by Gasteiger charge is 2.37. The Kier molecular flexibility index (Phi) is 10.9. The molecule has 1 aromatic heterocycles. The van der Waals surface area contributed by atoms with E-state index in [-0.39, 0.29) is 17.7 Å². The summed E-state index contributed by atoms with van der Waals surface area (Å²) in [7, 11) is 0. The van der Waals surface area contributed by atoms with E-state index in [0.717, 1.165) is 38.0 Å². The number of aromatic nitrogens is 1. The maximum Gasteiger partial charge on any atom is 0.255 e. The molecule has 0 aliphatic carbocycles. The number of hydrogen-bond acceptors (Lipinski definition) is 5. The van der Waals surface area contributed by atoms with Crippen LogP contribution in [0.5, 0.6) is 0 Å². The van der Waals surface area contributed by atoms with Gasteiger partial charge in [-0.3, -0.25) is 14.6 Å². The van der Waals surface area contributed by atoms with Crippen LogP contribution < -0.4 is 5.32 Å². The summed E-state index contributed by atoms with van der Waals surface area (Å²) in [5.41, 5.74) is 2.65. The molecule has 2 N–H and O–H groups in total. The van der Waals surface area contributed by atoms with Gasteiger partial charge in [-0.2, -0.15) is 0 Å². The van der Waals surface area contributed by atoms with Gasteiger partial charge in [-0.1, -0.05) is 84.4 Å². The van der Waals surface area contributed by atoms with E-state index in [1.807, 2.05) is 41.3 Å². The molecule has 7 nitrogen and oxygen atoms in total. The highest BCUT2D eigenvalue weighted by molar-refractivity contribution is 6.30. The second kappa shape index (κ2) is 15.5. The fourth-order valence-corrected chi connectivity index (χ4v) is 7.59. The van der Waals surface area contributed by atoms with Crippen molar-refractivity contribution in [2.75, 3.05) is 39.3 Å². The molecule has 0 unspecified atom stereocenters. The Morgan fingerprint density at radius 1 is 0.854 bits per heavy atom. The summed E-state index contributed by atoms with van der Waals surface area (Å²) in [4.78, 5) is 35.0. The molecular weight excluding hydrogens is 620 g/mol. The zero-order chi connectivity index (χ0) is 33.4. The monoisotopic (exact) mass is 664 g/mol. The molecule has 8 heteroatoms. The van der Waals surface area contributed by atoms with Gasteiger partial charge in [0.25, 0.3) is 5.91 Å². The van der Waals surface area contributed by atoms with Crippen molar-refractivity contribution in [3.63, 3.8) is 0 Å². The molecule has 0 atom stereocenters. The minimum absolute atomic E-state index is 0.0301. The Morgan fingerprint density at radius 3 is 2.06 bits per heavy atom. The third kappa shape index (κ3) is 7.81. The van der Waals surface area contributed by atoms with Crippen LogP contribution in [0.2, 0.25) is 5.02 Å². The summed E-state index contributed by atoms with van der Waals surface area (Å²) >= 11 is 6.09. The lowest BCUT2D eigenvalue weighted by Crippen LogP contribution is -2.47. The zero-order valence-electron chi connectivity index (χ0n) is 27.4. The van der Waals surface area contributed by atoms with Crippen molar-refractivity contribution in [1.29, 1.82) is 0 Å². The van der Waals surface area contributed by atoms with Crippen LogP contribution in [0.25, 0.3) is 0 Å². The molecule has 2 fully saturated rings. The average Bonchev–Trinajstić information content (AvgIpc) is 3.15. The van der Waals surface area contributed by atoms with Gasteiger partial charge in [0.05, 0.1) is 11.2 Å². The van der Waals surface area contributed by atoms with Gasteiger partial charge in [0.2, 0.25) is 5.91 Å². The molecule has 4 aromatic rings. The van der Waals surface area contributed by atoms with Crippen molar-refractivity contribution in [3.05, 3.63) is 137 Å². The molecule has 3 heterocycles. The van der Waals surface area contributed by atoms with Gasteiger partial charge in [-0.25, -0.2) is 0 Å². The molecule has 6 rings (SSSR count). The van der Waals surface area contributed by atoms with E-state index in [1.54, 1.807) is 24.5 Å². The van der Waals surface area contributed by atoms with Crippen LogP contribution in [0, 0.1) is 5.92 Å². The molecule has 250 valence electrons. The number of likely N-dealkylation sites (tertiary alicyclic amines) is 2. The summed E-state index contributed by atoms with van der Waals surface area (Å²) in [6.45, 7) is 4.15. The SMILES string of the molecule is O=C(NCC(CCCN1CCC(O)(c2ccc(Cl)cc2)CC1)(c1ccccc1)c1ccccc1)C1CCN(C(=O)c2cccnc2)CC1. The van der Waals surface area contributed by atoms with E-state index >= 15 is 0 Å². The van der Waals surface area contributed by atoms with Gasteiger partial charge in [0, 0.05) is 61.5 Å². The molecule has 2 aliphatic rings. The Bertz CT molecular complexity index is 1580. The molecule has 2 amide bonds. The molecule has 0 radical (unpaired) electrons. The number of pyridine rings is 1. The summed E-state index contributed by atoms with van der Waals surface area (Å²) in [5.74, 6) is -0.116. The van der Waals surface area contributed by atoms with Crippen LogP contribution in [0.1, 0.15) is 65.6 Å².